The Morgan fingerprint density at radius 3 is 2.61 bits per heavy atom. The number of likely N-dealkylation sites (tertiary alicyclic amines) is 1. The highest BCUT2D eigenvalue weighted by molar-refractivity contribution is 7.80. The number of halogens is 3. The lowest BCUT2D eigenvalue weighted by Gasteiger charge is -2.40. The molecule has 0 spiro atoms. The van der Waals surface area contributed by atoms with E-state index in [1.165, 1.54) is 19.2 Å². The Morgan fingerprint density at radius 1 is 1.43 bits per heavy atom. The van der Waals surface area contributed by atoms with Crippen molar-refractivity contribution < 1.29 is 27.4 Å². The van der Waals surface area contributed by atoms with Crippen molar-refractivity contribution in [3.05, 3.63) is 29.3 Å². The number of ether oxygens (including phenoxy) is 2. The van der Waals surface area contributed by atoms with Crippen LogP contribution in [0.25, 0.3) is 0 Å². The molecule has 1 fully saturated rings. The van der Waals surface area contributed by atoms with Gasteiger partial charge in [-0.15, -0.1) is 0 Å². The van der Waals surface area contributed by atoms with Crippen LogP contribution in [-0.2, 0) is 15.7 Å². The molecule has 1 aromatic carbocycles. The molecule has 23 heavy (non-hydrogen) atoms. The van der Waals surface area contributed by atoms with Gasteiger partial charge in [-0.05, 0) is 31.5 Å². The summed E-state index contributed by atoms with van der Waals surface area (Å²) in [5.41, 5.74) is -0.654. The van der Waals surface area contributed by atoms with Gasteiger partial charge in [0.05, 0.1) is 19.3 Å². The number of benzene rings is 1. The lowest BCUT2D eigenvalue weighted by molar-refractivity contribution is -0.148. The zero-order chi connectivity index (χ0) is 17.2. The van der Waals surface area contributed by atoms with Gasteiger partial charge in [-0.25, -0.2) is 4.79 Å². The maximum absolute atomic E-state index is 13.2. The van der Waals surface area contributed by atoms with Gasteiger partial charge in [-0.3, -0.25) is 0 Å². The summed E-state index contributed by atoms with van der Waals surface area (Å²) in [4.78, 5) is 13.3. The minimum atomic E-state index is -4.55. The normalized spacial score (nSPS) is 17.4. The first-order valence-electron chi connectivity index (χ1n) is 7.02. The van der Waals surface area contributed by atoms with Crippen molar-refractivity contribution in [3.63, 3.8) is 0 Å². The smallest absolute Gasteiger partial charge is 0.419 e. The molecule has 8 heteroatoms. The van der Waals surface area contributed by atoms with E-state index in [1.807, 2.05) is 0 Å². The van der Waals surface area contributed by atoms with Crippen LogP contribution in [0.2, 0.25) is 0 Å². The summed E-state index contributed by atoms with van der Waals surface area (Å²) in [7, 11) is 1.26. The van der Waals surface area contributed by atoms with Gasteiger partial charge in [0.1, 0.15) is 16.8 Å². The van der Waals surface area contributed by atoms with Crippen LogP contribution >= 0.6 is 12.2 Å². The van der Waals surface area contributed by atoms with Crippen LogP contribution in [0.15, 0.2) is 18.2 Å². The third kappa shape index (κ3) is 3.57. The van der Waals surface area contributed by atoms with Crippen molar-refractivity contribution in [1.82, 2.24) is 4.90 Å². The Labute approximate surface area is 137 Å². The van der Waals surface area contributed by atoms with Crippen LogP contribution in [0.4, 0.5) is 13.2 Å². The van der Waals surface area contributed by atoms with Gasteiger partial charge in [0, 0.05) is 12.1 Å². The van der Waals surface area contributed by atoms with E-state index in [9.17, 15) is 18.0 Å². The average molecular weight is 347 g/mol. The largest absolute Gasteiger partial charge is 0.493 e. The van der Waals surface area contributed by atoms with Gasteiger partial charge in [-0.2, -0.15) is 13.2 Å². The number of carbonyl (C=O) groups excluding carboxylic acids is 1. The predicted octanol–water partition coefficient (Wildman–Crippen LogP) is 3.03. The van der Waals surface area contributed by atoms with Gasteiger partial charge in [-0.1, -0.05) is 12.2 Å². The molecule has 1 saturated heterocycles. The molecule has 1 unspecified atom stereocenters. The van der Waals surface area contributed by atoms with Crippen LogP contribution in [0.3, 0.4) is 0 Å². The first kappa shape index (κ1) is 17.5. The first-order valence-corrected chi connectivity index (χ1v) is 7.43. The van der Waals surface area contributed by atoms with E-state index in [2.05, 4.69) is 4.74 Å². The van der Waals surface area contributed by atoms with Gasteiger partial charge in [0.15, 0.2) is 0 Å². The Hall–Kier alpha value is -1.83. The molecule has 126 valence electrons. The summed E-state index contributed by atoms with van der Waals surface area (Å²) in [6.45, 7) is 2.25. The number of alkyl halides is 3. The first-order chi connectivity index (χ1) is 10.8. The number of carbonyl (C=O) groups is 1. The maximum Gasteiger partial charge on any atom is 0.419 e. The van der Waals surface area contributed by atoms with E-state index in [4.69, 9.17) is 17.0 Å². The second-order valence-electron chi connectivity index (χ2n) is 4.97. The Balaban J connectivity index is 2.30. The van der Waals surface area contributed by atoms with E-state index < -0.39 is 23.8 Å². The van der Waals surface area contributed by atoms with Crippen LogP contribution in [0.1, 0.15) is 24.5 Å². The van der Waals surface area contributed by atoms with Crippen molar-refractivity contribution in [2.24, 2.45) is 0 Å². The fourth-order valence-corrected chi connectivity index (χ4v) is 2.69. The zero-order valence-corrected chi connectivity index (χ0v) is 13.5. The molecule has 0 N–H and O–H groups in total. The lowest BCUT2D eigenvalue weighted by atomic mass is 10.0. The molecule has 4 nitrogen and oxygen atoms in total. The van der Waals surface area contributed by atoms with Crippen molar-refractivity contribution in [2.75, 3.05) is 20.3 Å². The quantitative estimate of drug-likeness (QED) is 0.618. The van der Waals surface area contributed by atoms with Gasteiger partial charge >= 0.3 is 12.1 Å². The van der Waals surface area contributed by atoms with Gasteiger partial charge in [0.2, 0.25) is 0 Å². The zero-order valence-electron chi connectivity index (χ0n) is 12.6. The number of rotatable bonds is 4. The van der Waals surface area contributed by atoms with Crippen LogP contribution in [0.5, 0.6) is 5.75 Å². The monoisotopic (exact) mass is 347 g/mol. The second kappa shape index (κ2) is 6.74. The molecule has 1 aromatic rings. The van der Waals surface area contributed by atoms with Crippen molar-refractivity contribution in [3.8, 4) is 5.75 Å². The number of hydrogen-bond donors (Lipinski definition) is 0. The van der Waals surface area contributed by atoms with Crippen molar-refractivity contribution in [1.29, 1.82) is 0 Å². The minimum Gasteiger partial charge on any atom is -0.493 e. The molecule has 0 amide bonds. The number of methoxy groups -OCH3 is 1. The third-order valence-electron chi connectivity index (χ3n) is 3.59. The molecule has 1 atom stereocenters. The second-order valence-corrected chi connectivity index (χ2v) is 5.35. The summed E-state index contributed by atoms with van der Waals surface area (Å²) in [6, 6.07) is 3.14. The Bertz CT molecular complexity index is 618. The summed E-state index contributed by atoms with van der Waals surface area (Å²) in [6.07, 6.45) is -3.98. The fraction of sp³-hybridized carbons (Fsp3) is 0.467. The highest BCUT2D eigenvalue weighted by Gasteiger charge is 2.39. The minimum absolute atomic E-state index is 0.128. The lowest BCUT2D eigenvalue weighted by Crippen LogP contribution is -2.55. The topological polar surface area (TPSA) is 38.8 Å². The summed E-state index contributed by atoms with van der Waals surface area (Å²) < 4.78 is 49.2. The predicted molar refractivity (Wildman–Crippen MR) is 81.4 cm³/mol. The van der Waals surface area contributed by atoms with Crippen LogP contribution in [0, 0.1) is 0 Å². The molecule has 0 saturated carbocycles. The summed E-state index contributed by atoms with van der Waals surface area (Å²) in [5, 5.41) is 0. The van der Waals surface area contributed by atoms with Crippen LogP contribution in [-0.4, -0.2) is 42.2 Å². The SMILES string of the molecule is CCOc1ccc(C(=S)N2CCC2C(=O)OC)cc1C(F)(F)F. The number of esters is 1. The molecule has 2 rings (SSSR count). The summed E-state index contributed by atoms with van der Waals surface area (Å²) in [5.74, 6) is -0.680. The van der Waals surface area contributed by atoms with Gasteiger partial charge < -0.3 is 14.4 Å². The highest BCUT2D eigenvalue weighted by Crippen LogP contribution is 2.37. The standard InChI is InChI=1S/C15H16F3NO3S/c1-3-22-12-5-4-9(8-10(12)15(16,17)18)13(23)19-7-6-11(19)14(20)21-2/h4-5,8,11H,3,6-7H2,1-2H3. The Kier molecular flexibility index (Phi) is 5.13. The Morgan fingerprint density at radius 2 is 2.13 bits per heavy atom. The molecule has 0 aromatic heterocycles. The summed E-state index contributed by atoms with van der Waals surface area (Å²) >= 11 is 5.24. The third-order valence-corrected chi connectivity index (χ3v) is 4.06. The molecular formula is C15H16F3NO3S. The maximum atomic E-state index is 13.2. The molecular weight excluding hydrogens is 331 g/mol. The highest BCUT2D eigenvalue weighted by atomic mass is 32.1. The van der Waals surface area contributed by atoms with E-state index in [1.54, 1.807) is 11.8 Å². The molecule has 0 radical (unpaired) electrons. The molecule has 0 aliphatic carbocycles. The van der Waals surface area contributed by atoms with E-state index in [0.29, 0.717) is 13.0 Å². The van der Waals surface area contributed by atoms with Crippen molar-refractivity contribution >= 4 is 23.2 Å². The van der Waals surface area contributed by atoms with Crippen molar-refractivity contribution in [2.45, 2.75) is 25.6 Å². The molecule has 0 bridgehead atoms. The number of nitrogens with zero attached hydrogens (tertiary/aromatic N) is 1. The number of thiocarbonyl (C=S) groups is 1. The van der Waals surface area contributed by atoms with Gasteiger partial charge in [0.25, 0.3) is 0 Å². The fourth-order valence-electron chi connectivity index (χ4n) is 2.34. The number of hydrogen-bond acceptors (Lipinski definition) is 4. The van der Waals surface area contributed by atoms with E-state index in [-0.39, 0.29) is 22.9 Å². The molecule has 1 aliphatic heterocycles. The molecule has 1 aliphatic rings. The van der Waals surface area contributed by atoms with E-state index in [0.717, 1.165) is 6.07 Å². The average Bonchev–Trinajstić information content (AvgIpc) is 2.45. The molecule has 1 heterocycles. The van der Waals surface area contributed by atoms with Crippen LogP contribution < -0.4 is 4.74 Å². The van der Waals surface area contributed by atoms with E-state index >= 15 is 0 Å².